The van der Waals surface area contributed by atoms with Crippen LogP contribution in [-0.4, -0.2) is 22.2 Å². The second kappa shape index (κ2) is 8.42. The van der Waals surface area contributed by atoms with Gasteiger partial charge in [0.2, 0.25) is 0 Å². The monoisotopic (exact) mass is 445 g/mol. The number of amides is 1. The number of alkyl halides is 3. The van der Waals surface area contributed by atoms with Crippen molar-refractivity contribution in [1.82, 2.24) is 15.1 Å². The summed E-state index contributed by atoms with van der Waals surface area (Å²) < 4.78 is 54.4. The normalized spacial score (nSPS) is 11.5. The summed E-state index contributed by atoms with van der Waals surface area (Å²) in [5, 5.41) is 6.95. The van der Waals surface area contributed by atoms with E-state index in [0.717, 1.165) is 30.5 Å². The number of nitrogens with one attached hydrogen (secondary N) is 1. The first kappa shape index (κ1) is 21.1. The molecule has 3 aromatic rings. The predicted molar refractivity (Wildman–Crippen MR) is 101 cm³/mol. The Morgan fingerprint density at radius 3 is 2.41 bits per heavy atom. The van der Waals surface area contributed by atoms with Crippen molar-refractivity contribution in [3.8, 4) is 5.69 Å². The summed E-state index contributed by atoms with van der Waals surface area (Å²) in [5.41, 5.74) is -1.21. The smallest absolute Gasteiger partial charge is 0.352 e. The van der Waals surface area contributed by atoms with Crippen molar-refractivity contribution in [2.75, 3.05) is 6.54 Å². The number of hydrogen-bond donors (Lipinski definition) is 1. The Bertz CT molecular complexity index is 1030. The van der Waals surface area contributed by atoms with Gasteiger partial charge in [-0.1, -0.05) is 29.3 Å². The zero-order valence-corrected chi connectivity index (χ0v) is 16.1. The minimum atomic E-state index is -4.85. The molecule has 29 heavy (non-hydrogen) atoms. The van der Waals surface area contributed by atoms with Gasteiger partial charge < -0.3 is 5.32 Å². The van der Waals surface area contributed by atoms with Crippen LogP contribution >= 0.6 is 23.2 Å². The van der Waals surface area contributed by atoms with Gasteiger partial charge in [0.1, 0.15) is 5.82 Å². The van der Waals surface area contributed by atoms with Crippen molar-refractivity contribution in [1.29, 1.82) is 0 Å². The van der Waals surface area contributed by atoms with Gasteiger partial charge in [-0.25, -0.2) is 9.07 Å². The second-order valence-corrected chi connectivity index (χ2v) is 6.88. The molecule has 10 heteroatoms. The quantitative estimate of drug-likeness (QED) is 0.541. The third kappa shape index (κ3) is 4.89. The minimum absolute atomic E-state index is 0.0225. The van der Waals surface area contributed by atoms with Crippen LogP contribution in [0.25, 0.3) is 5.69 Å². The maximum absolute atomic E-state index is 13.6. The largest absolute Gasteiger partial charge is 0.434 e. The Balaban J connectivity index is 1.80. The molecule has 0 bridgehead atoms. The van der Waals surface area contributed by atoms with E-state index in [1.165, 1.54) is 6.07 Å². The lowest BCUT2D eigenvalue weighted by Crippen LogP contribution is -2.28. The molecule has 0 spiro atoms. The number of aromatic nitrogens is 2. The van der Waals surface area contributed by atoms with Crippen molar-refractivity contribution in [2.24, 2.45) is 0 Å². The number of rotatable bonds is 5. The number of benzene rings is 2. The lowest BCUT2D eigenvalue weighted by Gasteiger charge is -2.13. The van der Waals surface area contributed by atoms with E-state index in [4.69, 9.17) is 23.2 Å². The molecule has 1 heterocycles. The Hall–Kier alpha value is -2.58. The van der Waals surface area contributed by atoms with Crippen LogP contribution in [0.3, 0.4) is 0 Å². The highest BCUT2D eigenvalue weighted by Gasteiger charge is 2.40. The van der Waals surface area contributed by atoms with Crippen LogP contribution in [0, 0.1) is 5.82 Å². The molecule has 0 fully saturated rings. The molecule has 1 N–H and O–H groups in total. The van der Waals surface area contributed by atoms with E-state index in [1.807, 2.05) is 0 Å². The fourth-order valence-corrected chi connectivity index (χ4v) is 3.20. The fraction of sp³-hybridized carbons (Fsp3) is 0.158. The first-order valence-corrected chi connectivity index (χ1v) is 9.05. The maximum Gasteiger partial charge on any atom is 0.434 e. The molecule has 152 valence electrons. The Kier molecular flexibility index (Phi) is 6.14. The summed E-state index contributed by atoms with van der Waals surface area (Å²) in [4.78, 5) is 12.4. The summed E-state index contributed by atoms with van der Waals surface area (Å²) in [6, 6.07) is 9.13. The van der Waals surface area contributed by atoms with E-state index in [2.05, 4.69) is 10.4 Å². The summed E-state index contributed by atoms with van der Waals surface area (Å²) >= 11 is 11.9. The summed E-state index contributed by atoms with van der Waals surface area (Å²) in [6.45, 7) is 0.0548. The second-order valence-electron chi connectivity index (χ2n) is 6.03. The van der Waals surface area contributed by atoms with Crippen LogP contribution in [0.5, 0.6) is 0 Å². The van der Waals surface area contributed by atoms with E-state index in [0.29, 0.717) is 26.7 Å². The van der Waals surface area contributed by atoms with Gasteiger partial charge in [-0.05, 0) is 48.4 Å². The van der Waals surface area contributed by atoms with Crippen molar-refractivity contribution in [2.45, 2.75) is 12.6 Å². The SMILES string of the molecule is O=C(NCCc1ccc(Cl)cc1Cl)c1cnn(-c2ccc(F)cc2)c1C(F)(F)F. The van der Waals surface area contributed by atoms with Gasteiger partial charge in [-0.15, -0.1) is 0 Å². The van der Waals surface area contributed by atoms with Gasteiger partial charge in [0.15, 0.2) is 5.69 Å². The average Bonchev–Trinajstić information content (AvgIpc) is 3.10. The standard InChI is InChI=1S/C19H13Cl2F4N3O/c20-12-2-1-11(16(21)9-12)7-8-26-18(29)15-10-27-28(17(15)19(23,24)25)14-5-3-13(22)4-6-14/h1-6,9-10H,7-8H2,(H,26,29). The van der Waals surface area contributed by atoms with Crippen LogP contribution < -0.4 is 5.32 Å². The maximum atomic E-state index is 13.6. The zero-order chi connectivity index (χ0) is 21.2. The van der Waals surface area contributed by atoms with E-state index < -0.39 is 29.2 Å². The van der Waals surface area contributed by atoms with Crippen LogP contribution in [0.2, 0.25) is 10.0 Å². The molecule has 0 aliphatic rings. The minimum Gasteiger partial charge on any atom is -0.352 e. The fourth-order valence-electron chi connectivity index (χ4n) is 2.70. The van der Waals surface area contributed by atoms with Gasteiger partial charge in [0.25, 0.3) is 5.91 Å². The van der Waals surface area contributed by atoms with Crippen LogP contribution in [0.1, 0.15) is 21.6 Å². The summed E-state index contributed by atoms with van der Waals surface area (Å²) in [5.74, 6) is -1.54. The first-order chi connectivity index (χ1) is 13.7. The van der Waals surface area contributed by atoms with Crippen molar-refractivity contribution >= 4 is 29.1 Å². The molecule has 0 unspecified atom stereocenters. The molecule has 3 rings (SSSR count). The molecular weight excluding hydrogens is 433 g/mol. The van der Waals surface area contributed by atoms with Crippen LogP contribution in [-0.2, 0) is 12.6 Å². The third-order valence-electron chi connectivity index (χ3n) is 4.05. The number of halogens is 6. The van der Waals surface area contributed by atoms with E-state index in [1.54, 1.807) is 12.1 Å². The van der Waals surface area contributed by atoms with Gasteiger partial charge in [-0.3, -0.25) is 4.79 Å². The van der Waals surface area contributed by atoms with Gasteiger partial charge in [0.05, 0.1) is 17.4 Å². The first-order valence-electron chi connectivity index (χ1n) is 8.30. The molecule has 4 nitrogen and oxygen atoms in total. The molecule has 0 saturated heterocycles. The lowest BCUT2D eigenvalue weighted by atomic mass is 10.1. The Morgan fingerprint density at radius 2 is 1.79 bits per heavy atom. The number of carbonyl (C=O) groups is 1. The van der Waals surface area contributed by atoms with Crippen LogP contribution in [0.4, 0.5) is 17.6 Å². The molecule has 1 aromatic heterocycles. The Morgan fingerprint density at radius 1 is 1.10 bits per heavy atom. The van der Waals surface area contributed by atoms with E-state index in [9.17, 15) is 22.4 Å². The van der Waals surface area contributed by atoms with Crippen LogP contribution in [0.15, 0.2) is 48.7 Å². The molecular formula is C19H13Cl2F4N3O. The molecule has 0 atom stereocenters. The molecule has 0 radical (unpaired) electrons. The third-order valence-corrected chi connectivity index (χ3v) is 4.64. The van der Waals surface area contributed by atoms with Gasteiger partial charge in [0, 0.05) is 16.6 Å². The molecule has 0 aliphatic heterocycles. The summed E-state index contributed by atoms with van der Waals surface area (Å²) in [6.07, 6.45) is -3.72. The number of carbonyl (C=O) groups excluding carboxylic acids is 1. The number of nitrogens with zero attached hydrogens (tertiary/aromatic N) is 2. The lowest BCUT2D eigenvalue weighted by molar-refractivity contribution is -0.143. The highest BCUT2D eigenvalue weighted by Crippen LogP contribution is 2.33. The molecule has 0 aliphatic carbocycles. The van der Waals surface area contributed by atoms with Crippen molar-refractivity contribution < 1.29 is 22.4 Å². The van der Waals surface area contributed by atoms with Gasteiger partial charge in [-0.2, -0.15) is 18.3 Å². The topological polar surface area (TPSA) is 46.9 Å². The Labute approximate surface area is 173 Å². The highest BCUT2D eigenvalue weighted by atomic mass is 35.5. The highest BCUT2D eigenvalue weighted by molar-refractivity contribution is 6.35. The average molecular weight is 446 g/mol. The molecule has 0 saturated carbocycles. The molecule has 2 aromatic carbocycles. The summed E-state index contributed by atoms with van der Waals surface area (Å²) in [7, 11) is 0. The van der Waals surface area contributed by atoms with E-state index in [-0.39, 0.29) is 12.2 Å². The predicted octanol–water partition coefficient (Wildman–Crippen LogP) is 5.31. The van der Waals surface area contributed by atoms with Gasteiger partial charge >= 0.3 is 6.18 Å². The zero-order valence-electron chi connectivity index (χ0n) is 14.6. The van der Waals surface area contributed by atoms with Crippen molar-refractivity contribution in [3.05, 3.63) is 81.3 Å². The molecule has 1 amide bonds. The van der Waals surface area contributed by atoms with E-state index >= 15 is 0 Å². The number of hydrogen-bond acceptors (Lipinski definition) is 2. The van der Waals surface area contributed by atoms with Crippen molar-refractivity contribution in [3.63, 3.8) is 0 Å².